The molecule has 7 nitrogen and oxygen atoms in total. The molecule has 0 spiro atoms. The Morgan fingerprint density at radius 1 is 1.32 bits per heavy atom. The van der Waals surface area contributed by atoms with Crippen LogP contribution < -0.4 is 0 Å². The lowest BCUT2D eigenvalue weighted by Crippen LogP contribution is -2.33. The summed E-state index contributed by atoms with van der Waals surface area (Å²) < 4.78 is 7.00. The van der Waals surface area contributed by atoms with Crippen LogP contribution in [0.5, 0.6) is 0 Å². The van der Waals surface area contributed by atoms with Gasteiger partial charge < -0.3 is 24.6 Å². The minimum absolute atomic E-state index is 0.301. The molecule has 1 fully saturated rings. The van der Waals surface area contributed by atoms with Crippen LogP contribution in [0.15, 0.2) is 18.6 Å². The van der Waals surface area contributed by atoms with Gasteiger partial charge in [-0.1, -0.05) is 11.6 Å². The van der Waals surface area contributed by atoms with Gasteiger partial charge in [0.2, 0.25) is 0 Å². The number of aliphatic hydroxyl groups is 3. The molecular formula is C11H12ClN3O4. The van der Waals surface area contributed by atoms with E-state index in [1.54, 1.807) is 16.8 Å². The molecular weight excluding hydrogens is 274 g/mol. The Balaban J connectivity index is 2.04. The zero-order chi connectivity index (χ0) is 13.6. The number of aromatic nitrogens is 3. The van der Waals surface area contributed by atoms with E-state index in [1.165, 1.54) is 6.33 Å². The Bertz CT molecular complexity index is 605. The number of nitrogens with zero attached hydrogens (tertiary/aromatic N) is 3. The summed E-state index contributed by atoms with van der Waals surface area (Å²) >= 11 is 5.94. The van der Waals surface area contributed by atoms with Crippen LogP contribution in [0.3, 0.4) is 0 Å². The van der Waals surface area contributed by atoms with E-state index >= 15 is 0 Å². The molecule has 0 aromatic carbocycles. The molecule has 102 valence electrons. The molecule has 3 heterocycles. The highest BCUT2D eigenvalue weighted by Crippen LogP contribution is 2.32. The van der Waals surface area contributed by atoms with Crippen molar-refractivity contribution in [2.75, 3.05) is 6.61 Å². The van der Waals surface area contributed by atoms with Crippen molar-refractivity contribution >= 4 is 22.6 Å². The standard InChI is InChI=1S/C11H12ClN3O4/c12-9-5-1-2-15(10(5)14-4-13-9)11-8(18)7(17)6(3-16)19-11/h1-2,4,6-8,11,16-18H,3H2/t6-,7+,8-,11-/m0/s1. The summed E-state index contributed by atoms with van der Waals surface area (Å²) in [6.07, 6.45) is -0.995. The first-order valence-electron chi connectivity index (χ1n) is 5.73. The quantitative estimate of drug-likeness (QED) is 0.655. The van der Waals surface area contributed by atoms with Gasteiger partial charge in [0.05, 0.1) is 12.0 Å². The summed E-state index contributed by atoms with van der Waals surface area (Å²) in [5.41, 5.74) is 0.495. The fraction of sp³-hybridized carbons (Fsp3) is 0.455. The molecule has 3 rings (SSSR count). The van der Waals surface area contributed by atoms with Gasteiger partial charge in [-0.25, -0.2) is 9.97 Å². The molecule has 0 unspecified atom stereocenters. The highest BCUT2D eigenvalue weighted by atomic mass is 35.5. The molecule has 0 aliphatic carbocycles. The van der Waals surface area contributed by atoms with E-state index in [4.69, 9.17) is 21.4 Å². The van der Waals surface area contributed by atoms with Crippen molar-refractivity contribution in [1.82, 2.24) is 14.5 Å². The molecule has 4 atom stereocenters. The van der Waals surface area contributed by atoms with Gasteiger partial charge in [-0.3, -0.25) is 0 Å². The lowest BCUT2D eigenvalue weighted by Gasteiger charge is -2.17. The number of fused-ring (bicyclic) bond motifs is 1. The number of rotatable bonds is 2. The van der Waals surface area contributed by atoms with Gasteiger partial charge >= 0.3 is 0 Å². The Kier molecular flexibility index (Phi) is 3.15. The third-order valence-electron chi connectivity index (χ3n) is 3.25. The SMILES string of the molecule is OC[C@@H]1O[C@H](n2ccc3c(Cl)ncnc32)[C@@H](O)[C@@H]1O. The Morgan fingerprint density at radius 3 is 2.79 bits per heavy atom. The summed E-state index contributed by atoms with van der Waals surface area (Å²) in [6, 6.07) is 1.70. The highest BCUT2D eigenvalue weighted by Gasteiger charge is 2.43. The van der Waals surface area contributed by atoms with Crippen LogP contribution in [0, 0.1) is 0 Å². The van der Waals surface area contributed by atoms with Gasteiger partial charge in [-0.05, 0) is 6.07 Å². The topological polar surface area (TPSA) is 101 Å². The molecule has 2 aromatic rings. The molecule has 1 aliphatic rings. The third kappa shape index (κ3) is 1.90. The van der Waals surface area contributed by atoms with Gasteiger partial charge in [-0.15, -0.1) is 0 Å². The maximum absolute atomic E-state index is 9.98. The summed E-state index contributed by atoms with van der Waals surface area (Å²) in [5, 5.41) is 29.7. The average molecular weight is 286 g/mol. The van der Waals surface area contributed by atoms with Crippen LogP contribution in [0.1, 0.15) is 6.23 Å². The second-order valence-corrected chi connectivity index (χ2v) is 4.71. The Hall–Kier alpha value is -1.25. The summed E-state index contributed by atoms with van der Waals surface area (Å²) in [7, 11) is 0. The summed E-state index contributed by atoms with van der Waals surface area (Å²) in [4.78, 5) is 7.95. The smallest absolute Gasteiger partial charge is 0.164 e. The first kappa shape index (κ1) is 12.8. The van der Waals surface area contributed by atoms with E-state index in [2.05, 4.69) is 9.97 Å². The molecule has 8 heteroatoms. The Morgan fingerprint density at radius 2 is 2.11 bits per heavy atom. The minimum Gasteiger partial charge on any atom is -0.394 e. The molecule has 2 aromatic heterocycles. The second kappa shape index (κ2) is 4.69. The van der Waals surface area contributed by atoms with Gasteiger partial charge in [-0.2, -0.15) is 0 Å². The van der Waals surface area contributed by atoms with Gasteiger partial charge in [0.25, 0.3) is 0 Å². The van der Waals surface area contributed by atoms with Crippen molar-refractivity contribution in [3.05, 3.63) is 23.7 Å². The van der Waals surface area contributed by atoms with E-state index in [9.17, 15) is 10.2 Å². The average Bonchev–Trinajstić information content (AvgIpc) is 2.94. The normalized spacial score (nSPS) is 31.2. The predicted octanol–water partition coefficient (Wildman–Crippen LogP) is -0.304. The molecule has 1 aliphatic heterocycles. The van der Waals surface area contributed by atoms with E-state index in [1.807, 2.05) is 0 Å². The van der Waals surface area contributed by atoms with Crippen LogP contribution in [0.4, 0.5) is 0 Å². The Labute approximate surface area is 113 Å². The first-order chi connectivity index (χ1) is 9.13. The highest BCUT2D eigenvalue weighted by molar-refractivity contribution is 6.33. The zero-order valence-corrected chi connectivity index (χ0v) is 10.5. The van der Waals surface area contributed by atoms with Crippen LogP contribution in [0.2, 0.25) is 5.15 Å². The maximum Gasteiger partial charge on any atom is 0.164 e. The summed E-state index contributed by atoms with van der Waals surface area (Å²) in [6.45, 7) is -0.371. The van der Waals surface area contributed by atoms with Gasteiger partial charge in [0.15, 0.2) is 6.23 Å². The number of halogens is 1. The van der Waals surface area contributed by atoms with Crippen LogP contribution >= 0.6 is 11.6 Å². The van der Waals surface area contributed by atoms with Crippen molar-refractivity contribution < 1.29 is 20.1 Å². The predicted molar refractivity (Wildman–Crippen MR) is 65.5 cm³/mol. The molecule has 19 heavy (non-hydrogen) atoms. The van der Waals surface area contributed by atoms with Crippen LogP contribution in [-0.4, -0.2) is 54.8 Å². The fourth-order valence-corrected chi connectivity index (χ4v) is 2.45. The molecule has 3 N–H and O–H groups in total. The molecule has 0 radical (unpaired) electrons. The lowest BCUT2D eigenvalue weighted by molar-refractivity contribution is -0.0508. The van der Waals surface area contributed by atoms with Crippen molar-refractivity contribution in [3.63, 3.8) is 0 Å². The van der Waals surface area contributed by atoms with E-state index < -0.39 is 24.5 Å². The van der Waals surface area contributed by atoms with Crippen molar-refractivity contribution in [3.8, 4) is 0 Å². The van der Waals surface area contributed by atoms with E-state index in [0.717, 1.165) is 0 Å². The molecule has 1 saturated heterocycles. The number of aliphatic hydroxyl groups excluding tert-OH is 3. The van der Waals surface area contributed by atoms with E-state index in [-0.39, 0.29) is 6.61 Å². The number of hydrogen-bond donors (Lipinski definition) is 3. The molecule has 0 saturated carbocycles. The maximum atomic E-state index is 9.98. The van der Waals surface area contributed by atoms with Gasteiger partial charge in [0, 0.05) is 6.20 Å². The van der Waals surface area contributed by atoms with Crippen molar-refractivity contribution in [1.29, 1.82) is 0 Å². The van der Waals surface area contributed by atoms with Crippen LogP contribution in [0.25, 0.3) is 11.0 Å². The van der Waals surface area contributed by atoms with Crippen molar-refractivity contribution in [2.45, 2.75) is 24.5 Å². The third-order valence-corrected chi connectivity index (χ3v) is 3.55. The number of hydrogen-bond acceptors (Lipinski definition) is 6. The van der Waals surface area contributed by atoms with E-state index in [0.29, 0.717) is 16.2 Å². The minimum atomic E-state index is -1.15. The fourth-order valence-electron chi connectivity index (χ4n) is 2.26. The number of ether oxygens (including phenoxy) is 1. The largest absolute Gasteiger partial charge is 0.394 e. The van der Waals surface area contributed by atoms with Gasteiger partial charge in [0.1, 0.15) is 35.4 Å². The van der Waals surface area contributed by atoms with Crippen LogP contribution in [-0.2, 0) is 4.74 Å². The zero-order valence-electron chi connectivity index (χ0n) is 9.72. The molecule has 0 bridgehead atoms. The molecule has 0 amide bonds. The lowest BCUT2D eigenvalue weighted by atomic mass is 10.1. The monoisotopic (exact) mass is 285 g/mol. The first-order valence-corrected chi connectivity index (χ1v) is 6.10. The summed E-state index contributed by atoms with van der Waals surface area (Å²) in [5.74, 6) is 0. The second-order valence-electron chi connectivity index (χ2n) is 4.35. The van der Waals surface area contributed by atoms with Crippen molar-refractivity contribution in [2.24, 2.45) is 0 Å².